The highest BCUT2D eigenvalue weighted by Gasteiger charge is 2.12. The van der Waals surface area contributed by atoms with Crippen LogP contribution in [0.1, 0.15) is 22.8 Å². The highest BCUT2D eigenvalue weighted by atomic mass is 32.1. The summed E-state index contributed by atoms with van der Waals surface area (Å²) in [7, 11) is 1.59. The van der Waals surface area contributed by atoms with Crippen molar-refractivity contribution in [2.75, 3.05) is 19.0 Å². The minimum Gasteiger partial charge on any atom is -0.497 e. The summed E-state index contributed by atoms with van der Waals surface area (Å²) in [5.41, 5.74) is 2.05. The Balaban J connectivity index is 1.71. The Morgan fingerprint density at radius 1 is 1.19 bits per heavy atom. The maximum absolute atomic E-state index is 12.3. The monoisotopic (exact) mass is 370 g/mol. The number of nitrogens with zero attached hydrogens (tertiary/aromatic N) is 1. The second kappa shape index (κ2) is 7.97. The van der Waals surface area contributed by atoms with Crippen molar-refractivity contribution in [1.82, 2.24) is 4.98 Å². The van der Waals surface area contributed by atoms with Crippen molar-refractivity contribution >= 4 is 38.6 Å². The number of nitrogens with one attached hydrogen (secondary N) is 1. The third-order valence-electron chi connectivity index (χ3n) is 3.64. The fraction of sp³-hybridized carbons (Fsp3) is 0.211. The van der Waals surface area contributed by atoms with Crippen molar-refractivity contribution < 1.29 is 19.1 Å². The summed E-state index contributed by atoms with van der Waals surface area (Å²) in [4.78, 5) is 28.5. The minimum atomic E-state index is -0.369. The van der Waals surface area contributed by atoms with Crippen molar-refractivity contribution in [2.24, 2.45) is 0 Å². The number of carbonyl (C=O) groups excluding carboxylic acids is 2. The summed E-state index contributed by atoms with van der Waals surface area (Å²) in [5, 5.41) is 3.30. The molecule has 1 amide bonds. The molecule has 3 rings (SSSR count). The van der Waals surface area contributed by atoms with Gasteiger partial charge in [0.15, 0.2) is 5.13 Å². The van der Waals surface area contributed by atoms with Crippen molar-refractivity contribution in [3.63, 3.8) is 0 Å². The number of carbonyl (C=O) groups is 2. The molecule has 1 heterocycles. The van der Waals surface area contributed by atoms with Gasteiger partial charge in [-0.05, 0) is 42.8 Å². The largest absolute Gasteiger partial charge is 0.497 e. The number of rotatable bonds is 6. The standard InChI is InChI=1S/C19H18N2O4S/c1-3-25-18(23)13-7-8-15-16(11-13)26-19(20-15)21-17(22)10-12-5-4-6-14(9-12)24-2/h4-9,11H,3,10H2,1-2H3,(H,20,21,22). The first kappa shape index (κ1) is 17.9. The highest BCUT2D eigenvalue weighted by Crippen LogP contribution is 2.27. The number of fused-ring (bicyclic) bond motifs is 1. The van der Waals surface area contributed by atoms with E-state index in [0.717, 1.165) is 15.8 Å². The van der Waals surface area contributed by atoms with Gasteiger partial charge >= 0.3 is 5.97 Å². The van der Waals surface area contributed by atoms with E-state index in [1.165, 1.54) is 11.3 Å². The van der Waals surface area contributed by atoms with Crippen LogP contribution in [0.15, 0.2) is 42.5 Å². The number of hydrogen-bond acceptors (Lipinski definition) is 6. The maximum Gasteiger partial charge on any atom is 0.338 e. The summed E-state index contributed by atoms with van der Waals surface area (Å²) in [6.45, 7) is 2.09. The Bertz CT molecular complexity index is 952. The number of anilines is 1. The molecule has 0 radical (unpaired) electrons. The molecule has 0 fully saturated rings. The minimum absolute atomic E-state index is 0.164. The molecule has 0 saturated heterocycles. The van der Waals surface area contributed by atoms with E-state index in [1.807, 2.05) is 24.3 Å². The van der Waals surface area contributed by atoms with E-state index in [0.29, 0.717) is 23.1 Å². The van der Waals surface area contributed by atoms with E-state index < -0.39 is 0 Å². The van der Waals surface area contributed by atoms with Gasteiger partial charge in [-0.15, -0.1) is 0 Å². The number of hydrogen-bond donors (Lipinski definition) is 1. The van der Waals surface area contributed by atoms with Crippen molar-refractivity contribution in [1.29, 1.82) is 0 Å². The van der Waals surface area contributed by atoms with Gasteiger partial charge in [-0.1, -0.05) is 23.5 Å². The van der Waals surface area contributed by atoms with Gasteiger partial charge in [0.25, 0.3) is 0 Å². The van der Waals surface area contributed by atoms with E-state index in [2.05, 4.69) is 10.3 Å². The molecule has 0 aliphatic carbocycles. The molecule has 7 heteroatoms. The number of esters is 1. The number of ether oxygens (including phenoxy) is 2. The molecule has 134 valence electrons. The average Bonchev–Trinajstić information content (AvgIpc) is 3.03. The zero-order chi connectivity index (χ0) is 18.5. The van der Waals surface area contributed by atoms with Gasteiger partial charge in [-0.2, -0.15) is 0 Å². The Morgan fingerprint density at radius 3 is 2.81 bits per heavy atom. The van der Waals surface area contributed by atoms with E-state index >= 15 is 0 Å². The molecule has 0 bridgehead atoms. The first-order valence-corrected chi connectivity index (χ1v) is 8.91. The zero-order valence-corrected chi connectivity index (χ0v) is 15.3. The van der Waals surface area contributed by atoms with Crippen LogP contribution >= 0.6 is 11.3 Å². The number of amides is 1. The third-order valence-corrected chi connectivity index (χ3v) is 4.58. The molecule has 1 N–H and O–H groups in total. The molecular formula is C19H18N2O4S. The van der Waals surface area contributed by atoms with E-state index in [4.69, 9.17) is 9.47 Å². The number of aromatic nitrogens is 1. The Kier molecular flexibility index (Phi) is 5.48. The van der Waals surface area contributed by atoms with Crippen LogP contribution in [0.3, 0.4) is 0 Å². The van der Waals surface area contributed by atoms with Crippen LogP contribution in [0.5, 0.6) is 5.75 Å². The van der Waals surface area contributed by atoms with Crippen LogP contribution in [0.4, 0.5) is 5.13 Å². The summed E-state index contributed by atoms with van der Waals surface area (Å²) in [6, 6.07) is 12.5. The molecule has 3 aromatic rings. The van der Waals surface area contributed by atoms with Crippen LogP contribution in [0.2, 0.25) is 0 Å². The Labute approximate surface area is 154 Å². The normalized spacial score (nSPS) is 10.5. The fourth-order valence-electron chi connectivity index (χ4n) is 2.45. The highest BCUT2D eigenvalue weighted by molar-refractivity contribution is 7.22. The Hall–Kier alpha value is -2.93. The van der Waals surface area contributed by atoms with Crippen molar-refractivity contribution in [3.05, 3.63) is 53.6 Å². The van der Waals surface area contributed by atoms with Gasteiger partial charge in [0.05, 0.1) is 35.9 Å². The van der Waals surface area contributed by atoms with Crippen LogP contribution in [0.25, 0.3) is 10.2 Å². The molecule has 0 aliphatic heterocycles. The second-order valence-corrected chi connectivity index (χ2v) is 6.53. The van der Waals surface area contributed by atoms with Crippen molar-refractivity contribution in [3.8, 4) is 5.75 Å². The molecule has 26 heavy (non-hydrogen) atoms. The molecule has 6 nitrogen and oxygen atoms in total. The first-order valence-electron chi connectivity index (χ1n) is 8.09. The average molecular weight is 370 g/mol. The van der Waals surface area contributed by atoms with Crippen LogP contribution < -0.4 is 10.1 Å². The summed E-state index contributed by atoms with van der Waals surface area (Å²) in [5.74, 6) is 0.177. The van der Waals surface area contributed by atoms with Gasteiger partial charge in [0.1, 0.15) is 5.75 Å². The zero-order valence-electron chi connectivity index (χ0n) is 14.4. The molecule has 0 aliphatic rings. The van der Waals surface area contributed by atoms with Gasteiger partial charge in [0, 0.05) is 0 Å². The van der Waals surface area contributed by atoms with Crippen LogP contribution in [0, 0.1) is 0 Å². The lowest BCUT2D eigenvalue weighted by Crippen LogP contribution is -2.14. The predicted molar refractivity (Wildman–Crippen MR) is 101 cm³/mol. The van der Waals surface area contributed by atoms with Gasteiger partial charge < -0.3 is 14.8 Å². The first-order chi connectivity index (χ1) is 12.6. The van der Waals surface area contributed by atoms with E-state index in [-0.39, 0.29) is 18.3 Å². The summed E-state index contributed by atoms with van der Waals surface area (Å²) < 4.78 is 11.0. The van der Waals surface area contributed by atoms with E-state index in [1.54, 1.807) is 32.2 Å². The van der Waals surface area contributed by atoms with Gasteiger partial charge in [-0.3, -0.25) is 4.79 Å². The molecule has 0 spiro atoms. The molecule has 0 atom stereocenters. The number of methoxy groups -OCH3 is 1. The lowest BCUT2D eigenvalue weighted by atomic mass is 10.1. The maximum atomic E-state index is 12.3. The smallest absolute Gasteiger partial charge is 0.338 e. The number of benzene rings is 2. The number of thiazole rings is 1. The van der Waals surface area contributed by atoms with Gasteiger partial charge in [-0.25, -0.2) is 9.78 Å². The van der Waals surface area contributed by atoms with Crippen LogP contribution in [-0.2, 0) is 16.0 Å². The SMILES string of the molecule is CCOC(=O)c1ccc2nc(NC(=O)Cc3cccc(OC)c3)sc2c1. The lowest BCUT2D eigenvalue weighted by molar-refractivity contribution is -0.115. The topological polar surface area (TPSA) is 77.5 Å². The summed E-state index contributed by atoms with van der Waals surface area (Å²) in [6.07, 6.45) is 0.223. The van der Waals surface area contributed by atoms with Crippen molar-refractivity contribution in [2.45, 2.75) is 13.3 Å². The molecule has 0 unspecified atom stereocenters. The van der Waals surface area contributed by atoms with Gasteiger partial charge in [0.2, 0.25) is 5.91 Å². The molecular weight excluding hydrogens is 352 g/mol. The molecule has 2 aromatic carbocycles. The van der Waals surface area contributed by atoms with E-state index in [9.17, 15) is 9.59 Å². The second-order valence-electron chi connectivity index (χ2n) is 5.50. The Morgan fingerprint density at radius 2 is 2.04 bits per heavy atom. The quantitative estimate of drug-likeness (QED) is 0.670. The summed E-state index contributed by atoms with van der Waals surface area (Å²) >= 11 is 1.32. The van der Waals surface area contributed by atoms with Crippen LogP contribution in [-0.4, -0.2) is 30.6 Å². The lowest BCUT2D eigenvalue weighted by Gasteiger charge is -2.04. The predicted octanol–water partition coefficient (Wildman–Crippen LogP) is 3.66. The molecule has 0 saturated carbocycles. The fourth-order valence-corrected chi connectivity index (χ4v) is 3.37. The third kappa shape index (κ3) is 4.18. The molecule has 1 aromatic heterocycles.